The summed E-state index contributed by atoms with van der Waals surface area (Å²) in [5, 5.41) is 9.35. The third kappa shape index (κ3) is 2.94. The van der Waals surface area contributed by atoms with Crippen LogP contribution in [0.1, 0.15) is 53.4 Å². The Labute approximate surface area is 124 Å². The monoisotopic (exact) mass is 290 g/mol. The van der Waals surface area contributed by atoms with Gasteiger partial charge in [0.1, 0.15) is 5.01 Å². The average Bonchev–Trinajstić information content (AvgIpc) is 3.03. The van der Waals surface area contributed by atoms with Crippen molar-refractivity contribution in [1.29, 1.82) is 0 Å². The van der Waals surface area contributed by atoms with E-state index < -0.39 is 0 Å². The van der Waals surface area contributed by atoms with Crippen LogP contribution in [-0.2, 0) is 6.54 Å². The first-order valence-electron chi connectivity index (χ1n) is 7.39. The lowest BCUT2D eigenvalue weighted by atomic mass is 10.1. The first-order chi connectivity index (χ1) is 9.67. The molecule has 1 unspecified atom stereocenters. The van der Waals surface area contributed by atoms with E-state index in [1.807, 2.05) is 10.9 Å². The zero-order valence-corrected chi connectivity index (χ0v) is 13.2. The minimum absolute atomic E-state index is 0.200. The molecule has 1 aliphatic rings. The second-order valence-electron chi connectivity index (χ2n) is 5.60. The summed E-state index contributed by atoms with van der Waals surface area (Å²) in [5.74, 6) is 0. The standard InChI is InChI=1S/C15H22N4S/c1-4-7-19-9-12(8-16-19)14(18-13-5-6-13)15-17-10(2)11(3)20-15/h8-9,13-14,18H,4-7H2,1-3H3. The first kappa shape index (κ1) is 13.8. The maximum absolute atomic E-state index is 4.74. The van der Waals surface area contributed by atoms with Gasteiger partial charge in [0.25, 0.3) is 0 Å². The SMILES string of the molecule is CCCn1cc(C(NC2CC2)c2nc(C)c(C)s2)cn1. The lowest BCUT2D eigenvalue weighted by Gasteiger charge is -2.14. The number of hydrogen-bond donors (Lipinski definition) is 1. The highest BCUT2D eigenvalue weighted by Crippen LogP contribution is 2.31. The van der Waals surface area contributed by atoms with Crippen LogP contribution >= 0.6 is 11.3 Å². The van der Waals surface area contributed by atoms with E-state index in [-0.39, 0.29) is 6.04 Å². The summed E-state index contributed by atoms with van der Waals surface area (Å²) in [6, 6.07) is 0.851. The largest absolute Gasteiger partial charge is 0.301 e. The van der Waals surface area contributed by atoms with Gasteiger partial charge in [-0.05, 0) is 33.1 Å². The molecular formula is C15H22N4S. The molecule has 1 saturated carbocycles. The first-order valence-corrected chi connectivity index (χ1v) is 8.21. The van der Waals surface area contributed by atoms with Gasteiger partial charge in [0.05, 0.1) is 17.9 Å². The normalized spacial score (nSPS) is 16.6. The molecule has 5 heteroatoms. The Morgan fingerprint density at radius 1 is 1.45 bits per heavy atom. The predicted octanol–water partition coefficient (Wildman–Crippen LogP) is 3.21. The topological polar surface area (TPSA) is 42.7 Å². The van der Waals surface area contributed by atoms with Gasteiger partial charge in [-0.1, -0.05) is 6.92 Å². The Balaban J connectivity index is 1.87. The molecule has 0 saturated heterocycles. The molecule has 0 radical (unpaired) electrons. The molecule has 1 N–H and O–H groups in total. The fraction of sp³-hybridized carbons (Fsp3) is 0.600. The number of rotatable bonds is 6. The number of nitrogens with zero attached hydrogens (tertiary/aromatic N) is 3. The minimum Gasteiger partial charge on any atom is -0.301 e. The van der Waals surface area contributed by atoms with Gasteiger partial charge in [-0.3, -0.25) is 4.68 Å². The maximum atomic E-state index is 4.74. The van der Waals surface area contributed by atoms with Crippen molar-refractivity contribution in [3.63, 3.8) is 0 Å². The van der Waals surface area contributed by atoms with E-state index in [4.69, 9.17) is 4.98 Å². The molecule has 0 aliphatic heterocycles. The van der Waals surface area contributed by atoms with E-state index in [0.29, 0.717) is 6.04 Å². The maximum Gasteiger partial charge on any atom is 0.115 e. The molecular weight excluding hydrogens is 268 g/mol. The van der Waals surface area contributed by atoms with E-state index in [9.17, 15) is 0 Å². The average molecular weight is 290 g/mol. The highest BCUT2D eigenvalue weighted by Gasteiger charge is 2.28. The highest BCUT2D eigenvalue weighted by molar-refractivity contribution is 7.11. The van der Waals surface area contributed by atoms with Crippen LogP contribution in [-0.4, -0.2) is 20.8 Å². The fourth-order valence-corrected chi connectivity index (χ4v) is 3.31. The van der Waals surface area contributed by atoms with Crippen LogP contribution < -0.4 is 5.32 Å². The second-order valence-corrected chi connectivity index (χ2v) is 6.84. The van der Waals surface area contributed by atoms with Gasteiger partial charge >= 0.3 is 0 Å². The summed E-state index contributed by atoms with van der Waals surface area (Å²) >= 11 is 1.80. The summed E-state index contributed by atoms with van der Waals surface area (Å²) in [6.45, 7) is 7.39. The summed E-state index contributed by atoms with van der Waals surface area (Å²) in [6.07, 6.45) is 7.82. The lowest BCUT2D eigenvalue weighted by Crippen LogP contribution is -2.24. The molecule has 1 aliphatic carbocycles. The van der Waals surface area contributed by atoms with Crippen LogP contribution in [0.2, 0.25) is 0 Å². The molecule has 2 heterocycles. The van der Waals surface area contributed by atoms with Crippen LogP contribution in [0, 0.1) is 13.8 Å². The van der Waals surface area contributed by atoms with Crippen LogP contribution in [0.4, 0.5) is 0 Å². The molecule has 2 aromatic rings. The summed E-state index contributed by atoms with van der Waals surface area (Å²) in [5.41, 5.74) is 2.38. The van der Waals surface area contributed by atoms with Gasteiger partial charge in [0.2, 0.25) is 0 Å². The van der Waals surface area contributed by atoms with Gasteiger partial charge in [0.15, 0.2) is 0 Å². The van der Waals surface area contributed by atoms with Crippen molar-refractivity contribution in [1.82, 2.24) is 20.1 Å². The summed E-state index contributed by atoms with van der Waals surface area (Å²) in [7, 11) is 0. The lowest BCUT2D eigenvalue weighted by molar-refractivity contribution is 0.587. The molecule has 20 heavy (non-hydrogen) atoms. The number of aryl methyl sites for hydroxylation is 3. The number of thiazole rings is 1. The number of aromatic nitrogens is 3. The molecule has 0 aromatic carbocycles. The molecule has 0 bridgehead atoms. The van der Waals surface area contributed by atoms with Crippen molar-refractivity contribution in [2.45, 2.75) is 58.7 Å². The second kappa shape index (κ2) is 5.66. The van der Waals surface area contributed by atoms with Gasteiger partial charge in [-0.15, -0.1) is 11.3 Å². The molecule has 108 valence electrons. The molecule has 1 fully saturated rings. The van der Waals surface area contributed by atoms with Crippen molar-refractivity contribution < 1.29 is 0 Å². The van der Waals surface area contributed by atoms with Gasteiger partial charge in [-0.2, -0.15) is 5.10 Å². The summed E-state index contributed by atoms with van der Waals surface area (Å²) in [4.78, 5) is 6.05. The van der Waals surface area contributed by atoms with Gasteiger partial charge in [-0.25, -0.2) is 4.98 Å². The fourth-order valence-electron chi connectivity index (χ4n) is 2.30. The van der Waals surface area contributed by atoms with Crippen molar-refractivity contribution in [3.05, 3.63) is 33.5 Å². The number of hydrogen-bond acceptors (Lipinski definition) is 4. The Morgan fingerprint density at radius 2 is 2.25 bits per heavy atom. The zero-order valence-electron chi connectivity index (χ0n) is 12.4. The quantitative estimate of drug-likeness (QED) is 0.888. The van der Waals surface area contributed by atoms with Gasteiger partial charge in [0, 0.05) is 29.2 Å². The van der Waals surface area contributed by atoms with Crippen molar-refractivity contribution in [2.75, 3.05) is 0 Å². The number of nitrogens with one attached hydrogen (secondary N) is 1. The Morgan fingerprint density at radius 3 is 2.85 bits per heavy atom. The highest BCUT2D eigenvalue weighted by atomic mass is 32.1. The van der Waals surface area contributed by atoms with Crippen LogP contribution in [0.3, 0.4) is 0 Å². The minimum atomic E-state index is 0.200. The third-order valence-corrected chi connectivity index (χ3v) is 4.85. The zero-order chi connectivity index (χ0) is 14.1. The Bertz CT molecular complexity index is 563. The molecule has 0 spiro atoms. The van der Waals surface area contributed by atoms with Crippen molar-refractivity contribution in [2.24, 2.45) is 0 Å². The molecule has 0 amide bonds. The Kier molecular flexibility index (Phi) is 3.89. The predicted molar refractivity (Wildman–Crippen MR) is 82.1 cm³/mol. The van der Waals surface area contributed by atoms with E-state index in [1.54, 1.807) is 11.3 Å². The summed E-state index contributed by atoms with van der Waals surface area (Å²) < 4.78 is 2.03. The van der Waals surface area contributed by atoms with Crippen LogP contribution in [0.25, 0.3) is 0 Å². The van der Waals surface area contributed by atoms with Crippen molar-refractivity contribution in [3.8, 4) is 0 Å². The Hall–Kier alpha value is -1.20. The third-order valence-electron chi connectivity index (χ3n) is 3.71. The van der Waals surface area contributed by atoms with E-state index in [2.05, 4.69) is 37.4 Å². The molecule has 4 nitrogen and oxygen atoms in total. The van der Waals surface area contributed by atoms with E-state index in [1.165, 1.54) is 28.3 Å². The molecule has 2 aromatic heterocycles. The van der Waals surface area contributed by atoms with E-state index in [0.717, 1.165) is 18.7 Å². The molecule has 1 atom stereocenters. The van der Waals surface area contributed by atoms with E-state index >= 15 is 0 Å². The van der Waals surface area contributed by atoms with Crippen molar-refractivity contribution >= 4 is 11.3 Å². The van der Waals surface area contributed by atoms with Crippen LogP contribution in [0.15, 0.2) is 12.4 Å². The van der Waals surface area contributed by atoms with Gasteiger partial charge < -0.3 is 5.32 Å². The van der Waals surface area contributed by atoms with Crippen LogP contribution in [0.5, 0.6) is 0 Å². The smallest absolute Gasteiger partial charge is 0.115 e. The molecule has 3 rings (SSSR count).